The highest BCUT2D eigenvalue weighted by Gasteiger charge is 2.25. The van der Waals surface area contributed by atoms with Crippen LogP contribution in [0.3, 0.4) is 0 Å². The number of benzene rings is 9. The van der Waals surface area contributed by atoms with Gasteiger partial charge < -0.3 is 4.57 Å². The minimum atomic E-state index is 0.156. The number of para-hydroxylation sites is 3. The van der Waals surface area contributed by atoms with Crippen molar-refractivity contribution in [3.05, 3.63) is 199 Å². The normalized spacial score (nSPS) is 12.4. The van der Waals surface area contributed by atoms with Gasteiger partial charge in [0.2, 0.25) is 0 Å². The third-order valence-electron chi connectivity index (χ3n) is 11.0. The molecule has 0 atom stereocenters. The van der Waals surface area contributed by atoms with E-state index in [2.05, 4.69) is 137 Å². The molecule has 0 aliphatic heterocycles. The molecule has 0 unspecified atom stereocenters. The predicted octanol–water partition coefficient (Wildman–Crippen LogP) is 12.7. The lowest BCUT2D eigenvalue weighted by molar-refractivity contribution is 1.19. The Kier molecular flexibility index (Phi) is 7.25. The van der Waals surface area contributed by atoms with Crippen molar-refractivity contribution in [2.75, 3.05) is 0 Å². The molecule has 11 rings (SSSR count). The molecule has 0 saturated heterocycles. The first-order valence-corrected chi connectivity index (χ1v) is 18.8. The topological polar surface area (TPSA) is 58.4 Å². The fourth-order valence-corrected chi connectivity index (χ4v) is 8.73. The second-order valence-electron chi connectivity index (χ2n) is 14.1. The summed E-state index contributed by atoms with van der Waals surface area (Å²) in [6, 6.07) is 65.4. The summed E-state index contributed by atoms with van der Waals surface area (Å²) in [6.07, 6.45) is 1.91. The molecule has 2 heterocycles. The van der Waals surface area contributed by atoms with Crippen LogP contribution in [0.25, 0.3) is 81.6 Å². The Balaban J connectivity index is 1.33. The molecule has 0 amide bonds. The van der Waals surface area contributed by atoms with E-state index in [9.17, 15) is 0 Å². The van der Waals surface area contributed by atoms with Gasteiger partial charge in [-0.25, -0.2) is 9.98 Å². The van der Waals surface area contributed by atoms with Crippen LogP contribution in [0.15, 0.2) is 198 Å². The van der Waals surface area contributed by atoms with Gasteiger partial charge in [-0.05, 0) is 40.4 Å². The number of fused-ring (bicyclic) bond motifs is 15. The summed E-state index contributed by atoms with van der Waals surface area (Å²) in [5.74, 6) is 0.622. The molecule has 262 valence electrons. The van der Waals surface area contributed by atoms with Crippen LogP contribution in [0.5, 0.6) is 0 Å². The van der Waals surface area contributed by atoms with Gasteiger partial charge in [-0.3, -0.25) is 9.98 Å². The number of aliphatic imine (C=N–C) groups is 2. The maximum absolute atomic E-state index is 8.95. The SMILES string of the molecule is N=C(/N=C(\N=C\n1c2ccccc2c2c3ccccc3c3c(c4ccccc4c4c3c3ccccc3n4-c3ccccc3)c21)c1ccccc1)c1ccccc1. The summed E-state index contributed by atoms with van der Waals surface area (Å²) in [5, 5.41) is 20.9. The van der Waals surface area contributed by atoms with Gasteiger partial charge in [0.1, 0.15) is 6.34 Å². The molecular weight excluding hydrogens is 683 g/mol. The van der Waals surface area contributed by atoms with E-state index in [4.69, 9.17) is 15.4 Å². The monoisotopic (exact) mass is 715 g/mol. The number of amidine groups is 2. The van der Waals surface area contributed by atoms with Gasteiger partial charge in [0.25, 0.3) is 0 Å². The molecule has 0 saturated carbocycles. The number of hydrogen-bond donors (Lipinski definition) is 1. The van der Waals surface area contributed by atoms with Gasteiger partial charge in [0.15, 0.2) is 11.7 Å². The third kappa shape index (κ3) is 4.78. The summed E-state index contributed by atoms with van der Waals surface area (Å²) in [7, 11) is 0. The fraction of sp³-hybridized carbons (Fsp3) is 0. The summed E-state index contributed by atoms with van der Waals surface area (Å²) < 4.78 is 4.69. The third-order valence-corrected chi connectivity index (χ3v) is 11.0. The maximum Gasteiger partial charge on any atom is 0.163 e. The minimum absolute atomic E-state index is 0.156. The van der Waals surface area contributed by atoms with Crippen LogP contribution in [-0.2, 0) is 0 Å². The lowest BCUT2D eigenvalue weighted by Gasteiger charge is -2.16. The van der Waals surface area contributed by atoms with Crippen LogP contribution in [0.1, 0.15) is 11.1 Å². The quantitative estimate of drug-likeness (QED) is 0.107. The van der Waals surface area contributed by atoms with Crippen molar-refractivity contribution < 1.29 is 0 Å². The highest BCUT2D eigenvalue weighted by Crippen LogP contribution is 2.49. The average molecular weight is 716 g/mol. The van der Waals surface area contributed by atoms with Crippen LogP contribution in [-0.4, -0.2) is 27.1 Å². The molecule has 0 spiro atoms. The number of nitrogens with zero attached hydrogens (tertiary/aromatic N) is 4. The lowest BCUT2D eigenvalue weighted by Crippen LogP contribution is -2.06. The van der Waals surface area contributed by atoms with Gasteiger partial charge in [-0.15, -0.1) is 0 Å². The first kappa shape index (κ1) is 31.9. The van der Waals surface area contributed by atoms with E-state index in [1.54, 1.807) is 0 Å². The van der Waals surface area contributed by atoms with Crippen molar-refractivity contribution in [1.82, 2.24) is 9.13 Å². The number of nitrogens with one attached hydrogen (secondary N) is 1. The fourth-order valence-electron chi connectivity index (χ4n) is 8.73. The molecule has 0 aliphatic rings. The predicted molar refractivity (Wildman–Crippen MR) is 236 cm³/mol. The smallest absolute Gasteiger partial charge is 0.163 e. The Hall–Kier alpha value is -7.63. The van der Waals surface area contributed by atoms with Crippen molar-refractivity contribution in [2.45, 2.75) is 0 Å². The number of rotatable bonds is 4. The van der Waals surface area contributed by atoms with E-state index >= 15 is 0 Å². The molecular formula is C51H33N5. The van der Waals surface area contributed by atoms with Gasteiger partial charge in [-0.1, -0.05) is 164 Å². The molecule has 2 aromatic heterocycles. The molecule has 5 heteroatoms. The minimum Gasteiger partial charge on any atom is -0.309 e. The van der Waals surface area contributed by atoms with Crippen LogP contribution in [0, 0.1) is 5.41 Å². The Morgan fingerprint density at radius 1 is 0.411 bits per heavy atom. The highest BCUT2D eigenvalue weighted by molar-refractivity contribution is 6.45. The number of aromatic nitrogens is 2. The second-order valence-corrected chi connectivity index (χ2v) is 14.1. The lowest BCUT2D eigenvalue weighted by atomic mass is 9.90. The molecule has 11 aromatic rings. The summed E-state index contributed by atoms with van der Waals surface area (Å²) in [4.78, 5) is 10.00. The zero-order valence-electron chi connectivity index (χ0n) is 30.3. The van der Waals surface area contributed by atoms with Gasteiger partial charge >= 0.3 is 0 Å². The molecule has 0 aliphatic carbocycles. The average Bonchev–Trinajstić information content (AvgIpc) is 3.79. The Morgan fingerprint density at radius 3 is 1.54 bits per heavy atom. The second kappa shape index (κ2) is 12.8. The van der Waals surface area contributed by atoms with Crippen LogP contribution in [0.2, 0.25) is 0 Å². The van der Waals surface area contributed by atoms with E-state index in [1.165, 1.54) is 59.5 Å². The molecule has 1 N–H and O–H groups in total. The highest BCUT2D eigenvalue weighted by atomic mass is 15.1. The maximum atomic E-state index is 8.95. The molecule has 5 nitrogen and oxygen atoms in total. The van der Waals surface area contributed by atoms with Crippen molar-refractivity contribution in [3.8, 4) is 5.69 Å². The molecule has 0 bridgehead atoms. The van der Waals surface area contributed by atoms with E-state index in [-0.39, 0.29) is 5.84 Å². The summed E-state index contributed by atoms with van der Waals surface area (Å²) >= 11 is 0. The van der Waals surface area contributed by atoms with Crippen molar-refractivity contribution in [2.24, 2.45) is 9.98 Å². The largest absolute Gasteiger partial charge is 0.309 e. The molecule has 9 aromatic carbocycles. The Labute approximate surface area is 322 Å². The zero-order valence-corrected chi connectivity index (χ0v) is 30.3. The molecule has 56 heavy (non-hydrogen) atoms. The standard InChI is InChI=1S/C51H33N5/c52-50(33-18-4-1-5-19-33)54-51(34-20-6-2-7-21-34)53-32-55-42-30-16-14-28-40(42)44-36-24-10-11-25-37(36)45-46(49(44)55)38-26-12-13-27-39(38)48-47(45)41-29-15-17-31-43(41)56(48)35-22-8-3-9-23-35/h1-32,52H/b52-50?,53-32+,54-51-. The molecule has 0 fully saturated rings. The van der Waals surface area contributed by atoms with Crippen molar-refractivity contribution in [3.63, 3.8) is 0 Å². The summed E-state index contributed by atoms with van der Waals surface area (Å²) in [6.45, 7) is 0. The first-order chi connectivity index (χ1) is 27.8. The van der Waals surface area contributed by atoms with Gasteiger partial charge in [-0.2, -0.15) is 0 Å². The van der Waals surface area contributed by atoms with Gasteiger partial charge in [0, 0.05) is 54.5 Å². The number of hydrogen-bond acceptors (Lipinski definition) is 1. The Bertz CT molecular complexity index is 3410. The molecule has 0 radical (unpaired) electrons. The van der Waals surface area contributed by atoms with Gasteiger partial charge in [0.05, 0.1) is 22.1 Å². The first-order valence-electron chi connectivity index (χ1n) is 18.8. The van der Waals surface area contributed by atoms with Crippen LogP contribution >= 0.6 is 0 Å². The van der Waals surface area contributed by atoms with E-state index in [0.29, 0.717) is 5.84 Å². The van der Waals surface area contributed by atoms with Crippen LogP contribution < -0.4 is 0 Å². The zero-order chi connectivity index (χ0) is 37.2. The Morgan fingerprint density at radius 2 is 0.875 bits per heavy atom. The van der Waals surface area contributed by atoms with Crippen LogP contribution in [0.4, 0.5) is 0 Å². The van der Waals surface area contributed by atoms with E-state index in [0.717, 1.165) is 33.2 Å². The van der Waals surface area contributed by atoms with Crippen molar-refractivity contribution in [1.29, 1.82) is 5.41 Å². The summed E-state index contributed by atoms with van der Waals surface area (Å²) in [5.41, 5.74) is 7.19. The van der Waals surface area contributed by atoms with E-state index < -0.39 is 0 Å². The van der Waals surface area contributed by atoms with Crippen molar-refractivity contribution >= 4 is 93.9 Å². The van der Waals surface area contributed by atoms with E-state index in [1.807, 2.05) is 67.0 Å².